The number of benzene rings is 5. The van der Waals surface area contributed by atoms with Gasteiger partial charge in [0.2, 0.25) is 0 Å². The lowest BCUT2D eigenvalue weighted by Crippen LogP contribution is -2.26. The zero-order valence-electron chi connectivity index (χ0n) is 18.7. The number of rotatable bonds is 0. The first kappa shape index (κ1) is 18.2. The summed E-state index contributed by atoms with van der Waals surface area (Å²) in [6.45, 7) is 2.21. The van der Waals surface area contributed by atoms with Gasteiger partial charge in [-0.3, -0.25) is 0 Å². The summed E-state index contributed by atoms with van der Waals surface area (Å²) in [5, 5.41) is 2.37. The second-order valence-corrected chi connectivity index (χ2v) is 9.56. The standard InChI is InChI=1S/C32H21NO/c1-18-16-27-30(31-29(18)23-10-4-7-13-28(23)34-31)22-15-14-19(33)17-26(22)32(27)24-11-5-2-8-20(24)21-9-3-6-12-25(21)32/h2-17H,33H2,1H3. The highest BCUT2D eigenvalue weighted by Gasteiger charge is 2.52. The van der Waals surface area contributed by atoms with E-state index < -0.39 is 5.41 Å². The molecule has 34 heavy (non-hydrogen) atoms. The second-order valence-electron chi connectivity index (χ2n) is 9.56. The molecule has 160 valence electrons. The summed E-state index contributed by atoms with van der Waals surface area (Å²) in [5.41, 5.74) is 20.1. The fraction of sp³-hybridized carbons (Fsp3) is 0.0625. The Morgan fingerprint density at radius 2 is 1.32 bits per heavy atom. The highest BCUT2D eigenvalue weighted by atomic mass is 16.3. The van der Waals surface area contributed by atoms with Gasteiger partial charge >= 0.3 is 0 Å². The Hall–Kier alpha value is -4.30. The molecular formula is C32H21NO. The smallest absolute Gasteiger partial charge is 0.143 e. The van der Waals surface area contributed by atoms with Crippen molar-refractivity contribution in [1.29, 1.82) is 0 Å². The highest BCUT2D eigenvalue weighted by molar-refractivity contribution is 6.14. The summed E-state index contributed by atoms with van der Waals surface area (Å²) >= 11 is 0. The van der Waals surface area contributed by atoms with Crippen molar-refractivity contribution in [2.75, 3.05) is 5.73 Å². The lowest BCUT2D eigenvalue weighted by molar-refractivity contribution is 0.669. The van der Waals surface area contributed by atoms with E-state index in [1.807, 2.05) is 12.1 Å². The minimum atomic E-state index is -0.412. The number of hydrogen-bond donors (Lipinski definition) is 1. The lowest BCUT2D eigenvalue weighted by Gasteiger charge is -2.30. The molecule has 0 fully saturated rings. The molecule has 0 aliphatic heterocycles. The van der Waals surface area contributed by atoms with Crippen molar-refractivity contribution in [3.05, 3.63) is 125 Å². The van der Waals surface area contributed by atoms with Gasteiger partial charge in [-0.05, 0) is 69.6 Å². The predicted octanol–water partition coefficient (Wildman–Crippen LogP) is 7.82. The van der Waals surface area contributed by atoms with Crippen molar-refractivity contribution in [2.24, 2.45) is 0 Å². The number of nitrogens with two attached hydrogens (primary N) is 1. The highest BCUT2D eigenvalue weighted by Crippen LogP contribution is 2.64. The van der Waals surface area contributed by atoms with Crippen molar-refractivity contribution in [1.82, 2.24) is 0 Å². The maximum absolute atomic E-state index is 6.61. The van der Waals surface area contributed by atoms with Crippen molar-refractivity contribution in [2.45, 2.75) is 12.3 Å². The first-order valence-corrected chi connectivity index (χ1v) is 11.7. The molecule has 2 N–H and O–H groups in total. The average Bonchev–Trinajstić information content (AvgIpc) is 3.48. The maximum atomic E-state index is 6.61. The second kappa shape index (κ2) is 5.98. The van der Waals surface area contributed by atoms with Crippen LogP contribution in [0.5, 0.6) is 0 Å². The molecule has 0 amide bonds. The summed E-state index contributed by atoms with van der Waals surface area (Å²) in [6.07, 6.45) is 0. The molecule has 0 radical (unpaired) electrons. The van der Waals surface area contributed by atoms with E-state index in [9.17, 15) is 0 Å². The zero-order valence-corrected chi connectivity index (χ0v) is 18.7. The van der Waals surface area contributed by atoms with Gasteiger partial charge in [-0.1, -0.05) is 78.9 Å². The van der Waals surface area contributed by atoms with Crippen LogP contribution < -0.4 is 5.73 Å². The molecule has 5 aromatic carbocycles. The number of aryl methyl sites for hydroxylation is 1. The quantitative estimate of drug-likeness (QED) is 0.247. The van der Waals surface area contributed by atoms with E-state index >= 15 is 0 Å². The van der Waals surface area contributed by atoms with E-state index in [1.54, 1.807) is 0 Å². The summed E-state index contributed by atoms with van der Waals surface area (Å²) in [7, 11) is 0. The Kier molecular flexibility index (Phi) is 3.19. The van der Waals surface area contributed by atoms with Crippen molar-refractivity contribution in [3.8, 4) is 22.3 Å². The third-order valence-corrected chi connectivity index (χ3v) is 7.92. The fourth-order valence-electron chi connectivity index (χ4n) is 6.71. The number of furan rings is 1. The Morgan fingerprint density at radius 1 is 0.647 bits per heavy atom. The Bertz CT molecular complexity index is 1790. The molecule has 2 aliphatic carbocycles. The molecule has 0 unspecified atom stereocenters. The zero-order chi connectivity index (χ0) is 22.6. The molecule has 0 saturated heterocycles. The van der Waals surface area contributed by atoms with Crippen molar-refractivity contribution >= 4 is 27.6 Å². The number of nitrogen functional groups attached to an aromatic ring is 1. The Morgan fingerprint density at radius 3 is 2.09 bits per heavy atom. The van der Waals surface area contributed by atoms with Crippen LogP contribution in [-0.2, 0) is 5.41 Å². The van der Waals surface area contributed by atoms with Crippen LogP contribution in [0.4, 0.5) is 5.69 Å². The molecule has 0 bridgehead atoms. The third kappa shape index (κ3) is 1.91. The number of hydrogen-bond acceptors (Lipinski definition) is 2. The van der Waals surface area contributed by atoms with Crippen LogP contribution in [0.3, 0.4) is 0 Å². The Balaban J connectivity index is 1.65. The molecule has 6 aromatic rings. The van der Waals surface area contributed by atoms with Gasteiger partial charge in [-0.15, -0.1) is 0 Å². The normalized spacial score (nSPS) is 14.4. The maximum Gasteiger partial charge on any atom is 0.143 e. The summed E-state index contributed by atoms with van der Waals surface area (Å²) in [5.74, 6) is 0. The van der Waals surface area contributed by atoms with Crippen LogP contribution in [-0.4, -0.2) is 0 Å². The summed E-state index contributed by atoms with van der Waals surface area (Å²) in [6, 6.07) is 34.8. The van der Waals surface area contributed by atoms with Crippen LogP contribution in [0.2, 0.25) is 0 Å². The van der Waals surface area contributed by atoms with Gasteiger partial charge < -0.3 is 10.2 Å². The molecule has 8 rings (SSSR count). The van der Waals surface area contributed by atoms with Gasteiger partial charge in [0.1, 0.15) is 11.2 Å². The summed E-state index contributed by atoms with van der Waals surface area (Å²) < 4.78 is 6.61. The van der Waals surface area contributed by atoms with Gasteiger partial charge in [0, 0.05) is 22.0 Å². The van der Waals surface area contributed by atoms with E-state index in [2.05, 4.69) is 91.9 Å². The van der Waals surface area contributed by atoms with Gasteiger partial charge in [-0.2, -0.15) is 0 Å². The van der Waals surface area contributed by atoms with Crippen LogP contribution in [0.1, 0.15) is 27.8 Å². The van der Waals surface area contributed by atoms with Crippen molar-refractivity contribution in [3.63, 3.8) is 0 Å². The minimum absolute atomic E-state index is 0.412. The lowest BCUT2D eigenvalue weighted by atomic mass is 9.70. The average molecular weight is 436 g/mol. The topological polar surface area (TPSA) is 39.2 Å². The molecule has 0 atom stereocenters. The van der Waals surface area contributed by atoms with Crippen LogP contribution in [0.15, 0.2) is 101 Å². The molecule has 2 nitrogen and oxygen atoms in total. The predicted molar refractivity (Wildman–Crippen MR) is 139 cm³/mol. The molecule has 1 spiro atoms. The van der Waals surface area contributed by atoms with E-state index in [0.29, 0.717) is 0 Å². The minimum Gasteiger partial charge on any atom is -0.455 e. The van der Waals surface area contributed by atoms with Gasteiger partial charge in [0.25, 0.3) is 0 Å². The first-order valence-electron chi connectivity index (χ1n) is 11.7. The van der Waals surface area contributed by atoms with E-state index in [4.69, 9.17) is 10.2 Å². The van der Waals surface area contributed by atoms with Gasteiger partial charge in [0.05, 0.1) is 5.41 Å². The molecule has 1 aromatic heterocycles. The largest absolute Gasteiger partial charge is 0.455 e. The van der Waals surface area contributed by atoms with E-state index in [1.165, 1.54) is 60.8 Å². The SMILES string of the molecule is Cc1cc2c(c3oc4ccccc4c13)-c1ccc(N)cc1C21c2ccccc2-c2ccccc21. The third-order valence-electron chi connectivity index (χ3n) is 7.92. The fourth-order valence-corrected chi connectivity index (χ4v) is 6.71. The number of anilines is 1. The Labute approximate surface area is 197 Å². The first-order chi connectivity index (χ1) is 16.7. The van der Waals surface area contributed by atoms with Crippen LogP contribution in [0, 0.1) is 6.92 Å². The molecular weight excluding hydrogens is 414 g/mol. The molecule has 2 aliphatic rings. The van der Waals surface area contributed by atoms with Crippen LogP contribution in [0.25, 0.3) is 44.2 Å². The molecule has 1 heterocycles. The molecule has 2 heteroatoms. The van der Waals surface area contributed by atoms with Crippen LogP contribution >= 0.6 is 0 Å². The monoisotopic (exact) mass is 435 g/mol. The van der Waals surface area contributed by atoms with Gasteiger partial charge in [0.15, 0.2) is 0 Å². The van der Waals surface area contributed by atoms with E-state index in [0.717, 1.165) is 16.9 Å². The molecule has 0 saturated carbocycles. The van der Waals surface area contributed by atoms with Crippen molar-refractivity contribution < 1.29 is 4.42 Å². The summed E-state index contributed by atoms with van der Waals surface area (Å²) in [4.78, 5) is 0. The van der Waals surface area contributed by atoms with E-state index in [-0.39, 0.29) is 0 Å². The number of fused-ring (bicyclic) bond motifs is 14. The van der Waals surface area contributed by atoms with Gasteiger partial charge in [-0.25, -0.2) is 0 Å². The number of para-hydroxylation sites is 1.